The van der Waals surface area contributed by atoms with E-state index >= 15 is 0 Å². The molecule has 1 N–H and O–H groups in total. The zero-order valence-electron chi connectivity index (χ0n) is 21.8. The first-order valence-electron chi connectivity index (χ1n) is 13.0. The minimum Gasteiger partial charge on any atom is -0.467 e. The van der Waals surface area contributed by atoms with Gasteiger partial charge in [-0.05, 0) is 49.6 Å². The van der Waals surface area contributed by atoms with Crippen LogP contribution in [0.2, 0.25) is 0 Å². The van der Waals surface area contributed by atoms with Gasteiger partial charge in [0.1, 0.15) is 6.04 Å². The first-order chi connectivity index (χ1) is 18.5. The molecule has 196 valence electrons. The summed E-state index contributed by atoms with van der Waals surface area (Å²) < 4.78 is 6.96. The van der Waals surface area contributed by atoms with Gasteiger partial charge in [0, 0.05) is 54.9 Å². The number of benzene rings is 2. The molecule has 0 saturated carbocycles. The number of esters is 1. The van der Waals surface area contributed by atoms with Crippen LogP contribution < -0.4 is 10.2 Å². The van der Waals surface area contributed by atoms with Crippen LogP contribution in [0.3, 0.4) is 0 Å². The Balaban J connectivity index is 1.18. The van der Waals surface area contributed by atoms with E-state index in [2.05, 4.69) is 56.6 Å². The van der Waals surface area contributed by atoms with Gasteiger partial charge in [-0.15, -0.1) is 0 Å². The number of amides is 1. The average molecular weight is 512 g/mol. The number of carbonyl (C=O) groups excluding carboxylic acids is 2. The van der Waals surface area contributed by atoms with Crippen molar-refractivity contribution in [3.05, 3.63) is 90.1 Å². The van der Waals surface area contributed by atoms with E-state index in [4.69, 9.17) is 4.74 Å². The quantitative estimate of drug-likeness (QED) is 0.361. The molecular formula is C30H33N5O3. The largest absolute Gasteiger partial charge is 0.467 e. The molecule has 1 fully saturated rings. The van der Waals surface area contributed by atoms with Gasteiger partial charge in [0.05, 0.1) is 24.6 Å². The highest BCUT2D eigenvalue weighted by atomic mass is 16.5. The molecule has 0 spiro atoms. The Morgan fingerprint density at radius 1 is 1.08 bits per heavy atom. The van der Waals surface area contributed by atoms with Crippen LogP contribution in [0.1, 0.15) is 29.8 Å². The smallest absolute Gasteiger partial charge is 0.328 e. The van der Waals surface area contributed by atoms with Crippen molar-refractivity contribution in [1.82, 2.24) is 19.9 Å². The lowest BCUT2D eigenvalue weighted by Gasteiger charge is -2.33. The molecule has 8 nitrogen and oxygen atoms in total. The molecule has 1 atom stereocenters. The summed E-state index contributed by atoms with van der Waals surface area (Å²) in [6.07, 6.45) is 5.38. The maximum absolute atomic E-state index is 13.1. The highest BCUT2D eigenvalue weighted by Gasteiger charge is 2.30. The fourth-order valence-electron chi connectivity index (χ4n) is 5.04. The van der Waals surface area contributed by atoms with E-state index in [1.54, 1.807) is 6.33 Å². The fourth-order valence-corrected chi connectivity index (χ4v) is 5.04. The van der Waals surface area contributed by atoms with Crippen LogP contribution in [-0.4, -0.2) is 52.7 Å². The second kappa shape index (κ2) is 11.5. The molecule has 0 radical (unpaired) electrons. The zero-order chi connectivity index (χ0) is 26.5. The number of anilines is 1. The Labute approximate surface area is 222 Å². The van der Waals surface area contributed by atoms with Crippen LogP contribution in [-0.2, 0) is 27.3 Å². The van der Waals surface area contributed by atoms with E-state index in [1.807, 2.05) is 42.0 Å². The number of fused-ring (bicyclic) bond motifs is 1. The van der Waals surface area contributed by atoms with Crippen molar-refractivity contribution in [1.29, 1.82) is 0 Å². The number of piperidine rings is 1. The van der Waals surface area contributed by atoms with Crippen LogP contribution in [0.4, 0.5) is 5.69 Å². The van der Waals surface area contributed by atoms with Crippen molar-refractivity contribution in [2.45, 2.75) is 38.8 Å². The van der Waals surface area contributed by atoms with Gasteiger partial charge in [-0.2, -0.15) is 0 Å². The monoisotopic (exact) mass is 511 g/mol. The lowest BCUT2D eigenvalue weighted by Crippen LogP contribution is -2.48. The van der Waals surface area contributed by atoms with Crippen molar-refractivity contribution in [2.24, 2.45) is 5.92 Å². The molecule has 3 heterocycles. The van der Waals surface area contributed by atoms with Gasteiger partial charge in [-0.1, -0.05) is 36.4 Å². The number of aromatic nitrogens is 3. The van der Waals surface area contributed by atoms with Crippen LogP contribution in [0.25, 0.3) is 10.9 Å². The summed E-state index contributed by atoms with van der Waals surface area (Å²) in [6.45, 7) is 4.23. The molecule has 8 heteroatoms. The molecule has 2 aromatic heterocycles. The molecule has 5 rings (SSSR count). The summed E-state index contributed by atoms with van der Waals surface area (Å²) in [5.74, 6) is -0.728. The zero-order valence-corrected chi connectivity index (χ0v) is 21.8. The summed E-state index contributed by atoms with van der Waals surface area (Å²) in [6, 6.07) is 19.7. The van der Waals surface area contributed by atoms with Crippen molar-refractivity contribution < 1.29 is 14.3 Å². The minimum absolute atomic E-state index is 0.109. The first kappa shape index (κ1) is 25.4. The number of carbonyl (C=O) groups is 2. The van der Waals surface area contributed by atoms with Crippen LogP contribution in [0.15, 0.2) is 73.2 Å². The third kappa shape index (κ3) is 6.02. The highest BCUT2D eigenvalue weighted by Crippen LogP contribution is 2.26. The highest BCUT2D eigenvalue weighted by molar-refractivity contribution is 5.86. The number of methoxy groups -OCH3 is 1. The number of aryl methyl sites for hydroxylation is 1. The lowest BCUT2D eigenvalue weighted by atomic mass is 9.94. The van der Waals surface area contributed by atoms with Gasteiger partial charge in [-0.3, -0.25) is 9.78 Å². The van der Waals surface area contributed by atoms with Crippen LogP contribution in [0.5, 0.6) is 0 Å². The minimum atomic E-state index is -0.776. The fraction of sp³-hybridized carbons (Fsp3) is 0.333. The molecule has 0 aliphatic carbocycles. The Kier molecular flexibility index (Phi) is 7.67. The predicted octanol–water partition coefficient (Wildman–Crippen LogP) is 3.90. The van der Waals surface area contributed by atoms with Crippen molar-refractivity contribution in [2.75, 3.05) is 25.1 Å². The molecule has 0 bridgehead atoms. The van der Waals surface area contributed by atoms with Crippen LogP contribution in [0, 0.1) is 12.8 Å². The number of imidazole rings is 1. The number of rotatable bonds is 8. The summed E-state index contributed by atoms with van der Waals surface area (Å²) in [4.78, 5) is 37.0. The van der Waals surface area contributed by atoms with Gasteiger partial charge < -0.3 is 19.5 Å². The number of hydrogen-bond donors (Lipinski definition) is 1. The molecule has 0 unspecified atom stereocenters. The van der Waals surface area contributed by atoms with E-state index in [1.165, 1.54) is 7.11 Å². The molecule has 2 aromatic carbocycles. The molecule has 4 aromatic rings. The third-order valence-corrected chi connectivity index (χ3v) is 7.15. The van der Waals surface area contributed by atoms with Gasteiger partial charge in [0.25, 0.3) is 0 Å². The topological polar surface area (TPSA) is 89.3 Å². The van der Waals surface area contributed by atoms with E-state index in [0.29, 0.717) is 6.54 Å². The van der Waals surface area contributed by atoms with Gasteiger partial charge >= 0.3 is 5.97 Å². The van der Waals surface area contributed by atoms with E-state index < -0.39 is 12.0 Å². The second-order valence-electron chi connectivity index (χ2n) is 9.90. The normalized spacial score (nSPS) is 14.8. The SMILES string of the molecule is COC(=O)[C@H](Cc1cn(Cc2ccccc2)cn1)NC(=O)C1CCN(c2ccc3nc(C)ccc3c2)CC1. The number of pyridine rings is 1. The van der Waals surface area contributed by atoms with Gasteiger partial charge in [0.2, 0.25) is 5.91 Å². The maximum atomic E-state index is 13.1. The van der Waals surface area contributed by atoms with Crippen molar-refractivity contribution in [3.8, 4) is 0 Å². The second-order valence-corrected chi connectivity index (χ2v) is 9.90. The number of nitrogens with one attached hydrogen (secondary N) is 1. The summed E-state index contributed by atoms with van der Waals surface area (Å²) in [5.41, 5.74) is 5.02. The molecule has 1 amide bonds. The number of ether oxygens (including phenoxy) is 1. The lowest BCUT2D eigenvalue weighted by molar-refractivity contribution is -0.145. The number of nitrogens with zero attached hydrogens (tertiary/aromatic N) is 4. The summed E-state index contributed by atoms with van der Waals surface area (Å²) in [7, 11) is 1.34. The van der Waals surface area contributed by atoms with Crippen LogP contribution >= 0.6 is 0 Å². The summed E-state index contributed by atoms with van der Waals surface area (Å²) in [5, 5.41) is 4.05. The molecular weight excluding hydrogens is 478 g/mol. The third-order valence-electron chi connectivity index (χ3n) is 7.15. The van der Waals surface area contributed by atoms with E-state index in [-0.39, 0.29) is 18.2 Å². The van der Waals surface area contributed by atoms with Crippen molar-refractivity contribution in [3.63, 3.8) is 0 Å². The maximum Gasteiger partial charge on any atom is 0.328 e. The average Bonchev–Trinajstić information content (AvgIpc) is 3.39. The Morgan fingerprint density at radius 3 is 2.63 bits per heavy atom. The van der Waals surface area contributed by atoms with Gasteiger partial charge in [-0.25, -0.2) is 9.78 Å². The molecule has 1 saturated heterocycles. The Bertz CT molecular complexity index is 1410. The predicted molar refractivity (Wildman–Crippen MR) is 147 cm³/mol. The Hall–Kier alpha value is -4.20. The van der Waals surface area contributed by atoms with E-state index in [9.17, 15) is 9.59 Å². The van der Waals surface area contributed by atoms with E-state index in [0.717, 1.165) is 59.5 Å². The first-order valence-corrected chi connectivity index (χ1v) is 13.0. The number of hydrogen-bond acceptors (Lipinski definition) is 6. The Morgan fingerprint density at radius 2 is 1.87 bits per heavy atom. The standard InChI is InChI=1S/C30H33N5O3/c1-21-8-9-24-16-26(10-11-27(24)32-21)35-14-12-23(13-15-35)29(36)33-28(30(37)38-2)17-25-19-34(20-31-25)18-22-6-4-3-5-7-22/h3-11,16,19-20,23,28H,12-15,17-18H2,1-2H3,(H,33,36)/t28-/m0/s1. The molecule has 1 aliphatic rings. The molecule has 1 aliphatic heterocycles. The van der Waals surface area contributed by atoms with Crippen molar-refractivity contribution >= 4 is 28.5 Å². The van der Waals surface area contributed by atoms with Gasteiger partial charge in [0.15, 0.2) is 0 Å². The summed E-state index contributed by atoms with van der Waals surface area (Å²) >= 11 is 0. The molecule has 38 heavy (non-hydrogen) atoms.